The van der Waals surface area contributed by atoms with Gasteiger partial charge in [0.15, 0.2) is 0 Å². The van der Waals surface area contributed by atoms with Crippen LogP contribution in [-0.4, -0.2) is 22.6 Å². The summed E-state index contributed by atoms with van der Waals surface area (Å²) in [6.45, 7) is 5.13. The van der Waals surface area contributed by atoms with Crippen molar-refractivity contribution in [3.05, 3.63) is 40.9 Å². The molecule has 1 aromatic carbocycles. The SMILES string of the molecule is CCC1CCCCN1c1cc(Nc2ccc(F)c(Cl)c2)nc(C)n1. The van der Waals surface area contributed by atoms with Crippen LogP contribution in [-0.2, 0) is 0 Å². The van der Waals surface area contributed by atoms with Crippen LogP contribution >= 0.6 is 11.6 Å². The van der Waals surface area contributed by atoms with Gasteiger partial charge in [-0.2, -0.15) is 0 Å². The van der Waals surface area contributed by atoms with Crippen molar-refractivity contribution in [2.75, 3.05) is 16.8 Å². The van der Waals surface area contributed by atoms with Crippen LogP contribution in [0.2, 0.25) is 5.02 Å². The second-order valence-electron chi connectivity index (χ2n) is 6.16. The molecule has 2 heterocycles. The molecule has 1 aliphatic rings. The highest BCUT2D eigenvalue weighted by Crippen LogP contribution is 2.28. The first-order chi connectivity index (χ1) is 11.6. The topological polar surface area (TPSA) is 41.0 Å². The highest BCUT2D eigenvalue weighted by Gasteiger charge is 2.22. The summed E-state index contributed by atoms with van der Waals surface area (Å²) in [5.74, 6) is 1.93. The molecule has 0 radical (unpaired) electrons. The molecule has 2 aromatic rings. The van der Waals surface area contributed by atoms with Gasteiger partial charge in [0.25, 0.3) is 0 Å². The number of nitrogens with zero attached hydrogens (tertiary/aromatic N) is 3. The molecular formula is C18H22ClFN4. The van der Waals surface area contributed by atoms with Crippen molar-refractivity contribution in [1.82, 2.24) is 9.97 Å². The molecule has 4 nitrogen and oxygen atoms in total. The highest BCUT2D eigenvalue weighted by molar-refractivity contribution is 6.31. The van der Waals surface area contributed by atoms with E-state index in [0.29, 0.717) is 23.4 Å². The van der Waals surface area contributed by atoms with Crippen LogP contribution in [0, 0.1) is 12.7 Å². The highest BCUT2D eigenvalue weighted by atomic mass is 35.5. The van der Waals surface area contributed by atoms with Gasteiger partial charge in [0.05, 0.1) is 5.02 Å². The van der Waals surface area contributed by atoms with Crippen LogP contribution < -0.4 is 10.2 Å². The Bertz CT molecular complexity index is 722. The molecule has 0 spiro atoms. The standard InChI is InChI=1S/C18H22ClFN4/c1-3-14-6-4-5-9-24(14)18-11-17(21-12(2)22-18)23-13-7-8-16(20)15(19)10-13/h7-8,10-11,14H,3-6,9H2,1-2H3,(H,21,22,23). The zero-order chi connectivity index (χ0) is 17.1. The summed E-state index contributed by atoms with van der Waals surface area (Å²) in [7, 11) is 0. The van der Waals surface area contributed by atoms with Gasteiger partial charge in [0, 0.05) is 24.3 Å². The fourth-order valence-corrected chi connectivity index (χ4v) is 3.39. The van der Waals surface area contributed by atoms with E-state index >= 15 is 0 Å². The molecular weight excluding hydrogens is 327 g/mol. The van der Waals surface area contributed by atoms with Crippen LogP contribution in [0.25, 0.3) is 0 Å². The van der Waals surface area contributed by atoms with Crippen molar-refractivity contribution in [3.8, 4) is 0 Å². The first-order valence-electron chi connectivity index (χ1n) is 8.41. The third-order valence-electron chi connectivity index (χ3n) is 4.41. The van der Waals surface area contributed by atoms with Crippen molar-refractivity contribution in [3.63, 3.8) is 0 Å². The molecule has 0 bridgehead atoms. The van der Waals surface area contributed by atoms with Gasteiger partial charge in [-0.1, -0.05) is 18.5 Å². The summed E-state index contributed by atoms with van der Waals surface area (Å²) in [4.78, 5) is 11.4. The van der Waals surface area contributed by atoms with Gasteiger partial charge in [-0.05, 0) is 50.8 Å². The van der Waals surface area contributed by atoms with Crippen molar-refractivity contribution in [1.29, 1.82) is 0 Å². The number of hydrogen-bond donors (Lipinski definition) is 1. The lowest BCUT2D eigenvalue weighted by Crippen LogP contribution is -2.39. The molecule has 24 heavy (non-hydrogen) atoms. The zero-order valence-corrected chi connectivity index (χ0v) is 14.8. The number of rotatable bonds is 4. The van der Waals surface area contributed by atoms with E-state index < -0.39 is 5.82 Å². The first-order valence-corrected chi connectivity index (χ1v) is 8.79. The summed E-state index contributed by atoms with van der Waals surface area (Å²) in [5.41, 5.74) is 0.705. The normalized spacial score (nSPS) is 17.8. The van der Waals surface area contributed by atoms with E-state index in [-0.39, 0.29) is 5.02 Å². The maximum absolute atomic E-state index is 13.3. The largest absolute Gasteiger partial charge is 0.353 e. The summed E-state index contributed by atoms with van der Waals surface area (Å²) in [5, 5.41) is 3.29. The van der Waals surface area contributed by atoms with Gasteiger partial charge in [-0.25, -0.2) is 14.4 Å². The second-order valence-corrected chi connectivity index (χ2v) is 6.57. The van der Waals surface area contributed by atoms with Crippen molar-refractivity contribution in [2.45, 2.75) is 45.6 Å². The van der Waals surface area contributed by atoms with Gasteiger partial charge >= 0.3 is 0 Å². The Balaban J connectivity index is 1.86. The number of aromatic nitrogens is 2. The average molecular weight is 349 g/mol. The zero-order valence-electron chi connectivity index (χ0n) is 14.0. The minimum Gasteiger partial charge on any atom is -0.353 e. The Morgan fingerprint density at radius 3 is 2.88 bits per heavy atom. The molecule has 1 fully saturated rings. The maximum atomic E-state index is 13.3. The monoisotopic (exact) mass is 348 g/mol. The molecule has 0 saturated carbocycles. The minimum absolute atomic E-state index is 0.0908. The first kappa shape index (κ1) is 17.0. The molecule has 3 rings (SSSR count). The Morgan fingerprint density at radius 2 is 2.12 bits per heavy atom. The Hall–Kier alpha value is -1.88. The number of benzene rings is 1. The maximum Gasteiger partial charge on any atom is 0.141 e. The molecule has 128 valence electrons. The van der Waals surface area contributed by atoms with E-state index in [1.807, 2.05) is 13.0 Å². The van der Waals surface area contributed by atoms with Gasteiger partial charge in [-0.15, -0.1) is 0 Å². The van der Waals surface area contributed by atoms with Gasteiger partial charge < -0.3 is 10.2 Å². The summed E-state index contributed by atoms with van der Waals surface area (Å²) < 4.78 is 13.3. The fraction of sp³-hybridized carbons (Fsp3) is 0.444. The van der Waals surface area contributed by atoms with Crippen molar-refractivity contribution in [2.24, 2.45) is 0 Å². The molecule has 1 aromatic heterocycles. The van der Waals surface area contributed by atoms with Crippen LogP contribution in [0.5, 0.6) is 0 Å². The lowest BCUT2D eigenvalue weighted by molar-refractivity contribution is 0.446. The third-order valence-corrected chi connectivity index (χ3v) is 4.70. The number of anilines is 3. The summed E-state index contributed by atoms with van der Waals surface area (Å²) >= 11 is 5.85. The fourth-order valence-electron chi connectivity index (χ4n) is 3.21. The molecule has 1 aliphatic heterocycles. The summed E-state index contributed by atoms with van der Waals surface area (Å²) in [6, 6.07) is 7.04. The average Bonchev–Trinajstić information content (AvgIpc) is 2.57. The molecule has 6 heteroatoms. The number of halogens is 2. The Morgan fingerprint density at radius 1 is 1.29 bits per heavy atom. The van der Waals surface area contributed by atoms with Gasteiger partial charge in [-0.3, -0.25) is 0 Å². The predicted octanol–water partition coefficient (Wildman–Crippen LogP) is 5.09. The van der Waals surface area contributed by atoms with E-state index in [4.69, 9.17) is 11.6 Å². The molecule has 1 N–H and O–H groups in total. The number of aryl methyl sites for hydroxylation is 1. The van der Waals surface area contributed by atoms with Crippen LogP contribution in [0.3, 0.4) is 0 Å². The Labute approximate surface area is 147 Å². The number of nitrogens with one attached hydrogen (secondary N) is 1. The van der Waals surface area contributed by atoms with Crippen molar-refractivity contribution >= 4 is 28.9 Å². The van der Waals surface area contributed by atoms with E-state index in [9.17, 15) is 4.39 Å². The lowest BCUT2D eigenvalue weighted by atomic mass is 10.00. The van der Waals surface area contributed by atoms with E-state index in [0.717, 1.165) is 18.8 Å². The quantitative estimate of drug-likeness (QED) is 0.835. The summed E-state index contributed by atoms with van der Waals surface area (Å²) in [6.07, 6.45) is 4.78. The van der Waals surface area contributed by atoms with Gasteiger partial charge in [0.1, 0.15) is 23.3 Å². The van der Waals surface area contributed by atoms with Crippen LogP contribution in [0.15, 0.2) is 24.3 Å². The molecule has 0 aliphatic carbocycles. The Kier molecular flexibility index (Phi) is 5.19. The smallest absolute Gasteiger partial charge is 0.141 e. The third kappa shape index (κ3) is 3.78. The molecule has 1 unspecified atom stereocenters. The number of piperidine rings is 1. The minimum atomic E-state index is -0.430. The van der Waals surface area contributed by atoms with E-state index in [2.05, 4.69) is 27.1 Å². The van der Waals surface area contributed by atoms with E-state index in [1.54, 1.807) is 12.1 Å². The molecule has 1 atom stereocenters. The molecule has 0 amide bonds. The van der Waals surface area contributed by atoms with Crippen molar-refractivity contribution < 1.29 is 4.39 Å². The number of hydrogen-bond acceptors (Lipinski definition) is 4. The van der Waals surface area contributed by atoms with Crippen LogP contribution in [0.4, 0.5) is 21.7 Å². The lowest BCUT2D eigenvalue weighted by Gasteiger charge is -2.36. The predicted molar refractivity (Wildman–Crippen MR) is 96.7 cm³/mol. The van der Waals surface area contributed by atoms with Crippen LogP contribution in [0.1, 0.15) is 38.4 Å². The van der Waals surface area contributed by atoms with E-state index in [1.165, 1.54) is 25.3 Å². The van der Waals surface area contributed by atoms with Gasteiger partial charge in [0.2, 0.25) is 0 Å². The second kappa shape index (κ2) is 7.34. The molecule has 1 saturated heterocycles.